The van der Waals surface area contributed by atoms with Crippen LogP contribution < -0.4 is 9.47 Å². The summed E-state index contributed by atoms with van der Waals surface area (Å²) >= 11 is 14.6. The summed E-state index contributed by atoms with van der Waals surface area (Å²) in [6.07, 6.45) is 2.92. The highest BCUT2D eigenvalue weighted by Crippen LogP contribution is 2.21. The Bertz CT molecular complexity index is 772. The van der Waals surface area contributed by atoms with Crippen LogP contribution >= 0.6 is 39.1 Å². The van der Waals surface area contributed by atoms with E-state index < -0.39 is 0 Å². The van der Waals surface area contributed by atoms with Crippen LogP contribution in [0.15, 0.2) is 24.5 Å². The Morgan fingerprint density at radius 1 is 1.00 bits per heavy atom. The van der Waals surface area contributed by atoms with Crippen molar-refractivity contribution in [2.45, 2.75) is 6.92 Å². The first-order valence-corrected chi connectivity index (χ1v) is 8.70. The number of rotatable bonds is 5. The molecule has 0 aliphatic carbocycles. The van der Waals surface area contributed by atoms with Crippen LogP contribution in [0, 0.1) is 0 Å². The van der Waals surface area contributed by atoms with Crippen LogP contribution in [0.1, 0.15) is 27.9 Å². The van der Waals surface area contributed by atoms with Gasteiger partial charge in [-0.15, -0.1) is 0 Å². The third-order valence-electron chi connectivity index (χ3n) is 2.82. The number of Topliss-reactive ketones (excluding diaryl/α,β-unsaturated/α-hetero) is 2. The molecule has 0 radical (unpaired) electrons. The van der Waals surface area contributed by atoms with Crippen molar-refractivity contribution < 1.29 is 19.1 Å². The molecule has 0 fully saturated rings. The maximum atomic E-state index is 11.2. The number of halogens is 3. The molecule has 0 amide bonds. The molecule has 0 saturated heterocycles. The van der Waals surface area contributed by atoms with Gasteiger partial charge in [-0.3, -0.25) is 9.59 Å². The number of ketones is 2. The zero-order valence-corrected chi connectivity index (χ0v) is 16.8. The van der Waals surface area contributed by atoms with Gasteiger partial charge in [0.15, 0.2) is 11.6 Å². The molecule has 0 N–H and O–H groups in total. The third kappa shape index (κ3) is 6.26. The standard InChI is InChI=1S/C8H7BrClNO2.C8H8ClNO2/c1-13-5-2-6(10)8(11-4-5)7(12)3-9;1-5(11)8-7(9)3-6(12-2)4-10-8/h2,4H,3H2,1H3;3-4H,1-2H3. The minimum atomic E-state index is -0.150. The van der Waals surface area contributed by atoms with Crippen molar-refractivity contribution in [2.24, 2.45) is 0 Å². The third-order valence-corrected chi connectivity index (χ3v) is 3.91. The Hall–Kier alpha value is -1.70. The quantitative estimate of drug-likeness (QED) is 0.501. The van der Waals surface area contributed by atoms with Crippen molar-refractivity contribution in [3.63, 3.8) is 0 Å². The molecule has 0 aliphatic heterocycles. The minimum absolute atomic E-state index is 0.146. The molecule has 134 valence electrons. The molecule has 9 heteroatoms. The first kappa shape index (κ1) is 21.3. The van der Waals surface area contributed by atoms with Gasteiger partial charge in [0, 0.05) is 19.1 Å². The van der Waals surface area contributed by atoms with E-state index in [-0.39, 0.29) is 28.3 Å². The molecule has 0 bridgehead atoms. The molecule has 0 atom stereocenters. The van der Waals surface area contributed by atoms with E-state index in [1.165, 1.54) is 33.5 Å². The van der Waals surface area contributed by atoms with Gasteiger partial charge in [-0.2, -0.15) is 0 Å². The lowest BCUT2D eigenvalue weighted by Gasteiger charge is -2.02. The molecule has 0 unspecified atom stereocenters. The highest BCUT2D eigenvalue weighted by atomic mass is 79.9. The number of hydrogen-bond donors (Lipinski definition) is 0. The first-order chi connectivity index (χ1) is 11.8. The van der Waals surface area contributed by atoms with Crippen LogP contribution in [0.5, 0.6) is 11.5 Å². The summed E-state index contributed by atoms with van der Waals surface area (Å²) in [5, 5.41) is 0.845. The monoisotopic (exact) mass is 448 g/mol. The molecular weight excluding hydrogens is 435 g/mol. The largest absolute Gasteiger partial charge is 0.495 e. The summed E-state index contributed by atoms with van der Waals surface area (Å²) in [4.78, 5) is 29.8. The highest BCUT2D eigenvalue weighted by Gasteiger charge is 2.11. The van der Waals surface area contributed by atoms with Gasteiger partial charge < -0.3 is 9.47 Å². The Kier molecular flexibility index (Phi) is 8.82. The Morgan fingerprint density at radius 3 is 1.76 bits per heavy atom. The Labute approximate surface area is 163 Å². The number of alkyl halides is 1. The van der Waals surface area contributed by atoms with Crippen LogP contribution in [-0.4, -0.2) is 41.1 Å². The maximum absolute atomic E-state index is 11.2. The molecule has 2 heterocycles. The fourth-order valence-electron chi connectivity index (χ4n) is 1.59. The minimum Gasteiger partial charge on any atom is -0.495 e. The average molecular weight is 450 g/mol. The van der Waals surface area contributed by atoms with E-state index in [1.807, 2.05) is 0 Å². The zero-order chi connectivity index (χ0) is 19.0. The van der Waals surface area contributed by atoms with Gasteiger partial charge in [0.05, 0.1) is 42.0 Å². The predicted octanol–water partition coefficient (Wildman–Crippen LogP) is 4.27. The van der Waals surface area contributed by atoms with E-state index >= 15 is 0 Å². The molecule has 2 aromatic heterocycles. The summed E-state index contributed by atoms with van der Waals surface area (Å²) in [5.74, 6) is 0.788. The number of methoxy groups -OCH3 is 2. The summed E-state index contributed by atoms with van der Waals surface area (Å²) in [6, 6.07) is 3.12. The van der Waals surface area contributed by atoms with E-state index in [0.29, 0.717) is 21.5 Å². The molecule has 0 aliphatic rings. The molecule has 2 aromatic rings. The number of ether oxygens (including phenoxy) is 2. The number of aromatic nitrogens is 2. The molecule has 0 aromatic carbocycles. The van der Waals surface area contributed by atoms with Crippen molar-refractivity contribution in [2.75, 3.05) is 19.5 Å². The van der Waals surface area contributed by atoms with Gasteiger partial charge in [0.1, 0.15) is 22.9 Å². The molecule has 0 saturated carbocycles. The predicted molar refractivity (Wildman–Crippen MR) is 99.7 cm³/mol. The van der Waals surface area contributed by atoms with Gasteiger partial charge >= 0.3 is 0 Å². The second-order valence-corrected chi connectivity index (χ2v) is 5.90. The van der Waals surface area contributed by atoms with Crippen molar-refractivity contribution in [3.05, 3.63) is 46.0 Å². The normalized spacial score (nSPS) is 9.68. The van der Waals surface area contributed by atoms with Crippen molar-refractivity contribution >= 4 is 50.7 Å². The lowest BCUT2D eigenvalue weighted by Crippen LogP contribution is -2.04. The highest BCUT2D eigenvalue weighted by molar-refractivity contribution is 9.09. The van der Waals surface area contributed by atoms with E-state index in [1.54, 1.807) is 12.1 Å². The molecular formula is C16H15BrCl2N2O4. The smallest absolute Gasteiger partial charge is 0.193 e. The topological polar surface area (TPSA) is 78.4 Å². The molecule has 6 nitrogen and oxygen atoms in total. The number of carbonyl (C=O) groups is 2. The van der Waals surface area contributed by atoms with Gasteiger partial charge in [0.25, 0.3) is 0 Å². The summed E-state index contributed by atoms with van der Waals surface area (Å²) < 4.78 is 9.76. The van der Waals surface area contributed by atoms with Crippen molar-refractivity contribution in [3.8, 4) is 11.5 Å². The zero-order valence-electron chi connectivity index (χ0n) is 13.7. The molecule has 0 spiro atoms. The van der Waals surface area contributed by atoms with Crippen LogP contribution in [0.2, 0.25) is 10.0 Å². The van der Waals surface area contributed by atoms with Gasteiger partial charge in [-0.25, -0.2) is 9.97 Å². The SMILES string of the molecule is COc1cnc(C(=O)CBr)c(Cl)c1.COc1cnc(C(C)=O)c(Cl)c1. The fourth-order valence-corrected chi connectivity index (χ4v) is 2.41. The van der Waals surface area contributed by atoms with Crippen LogP contribution in [0.25, 0.3) is 0 Å². The van der Waals surface area contributed by atoms with E-state index in [0.717, 1.165) is 0 Å². The van der Waals surface area contributed by atoms with E-state index in [4.69, 9.17) is 32.7 Å². The number of nitrogens with zero attached hydrogens (tertiary/aromatic N) is 2. The van der Waals surface area contributed by atoms with Gasteiger partial charge in [0.2, 0.25) is 0 Å². The Balaban J connectivity index is 0.000000251. The van der Waals surface area contributed by atoms with Crippen molar-refractivity contribution in [1.82, 2.24) is 9.97 Å². The van der Waals surface area contributed by atoms with Crippen LogP contribution in [-0.2, 0) is 0 Å². The lowest BCUT2D eigenvalue weighted by molar-refractivity contribution is 0.100. The van der Waals surface area contributed by atoms with Gasteiger partial charge in [-0.1, -0.05) is 39.1 Å². The van der Waals surface area contributed by atoms with Crippen LogP contribution in [0.3, 0.4) is 0 Å². The number of carbonyl (C=O) groups excluding carboxylic acids is 2. The Morgan fingerprint density at radius 2 is 1.44 bits per heavy atom. The second kappa shape index (κ2) is 10.3. The summed E-state index contributed by atoms with van der Waals surface area (Å²) in [7, 11) is 3.03. The lowest BCUT2D eigenvalue weighted by atomic mass is 10.3. The number of hydrogen-bond acceptors (Lipinski definition) is 6. The maximum Gasteiger partial charge on any atom is 0.193 e. The van der Waals surface area contributed by atoms with E-state index in [9.17, 15) is 9.59 Å². The second-order valence-electron chi connectivity index (χ2n) is 4.52. The van der Waals surface area contributed by atoms with Crippen molar-refractivity contribution in [1.29, 1.82) is 0 Å². The summed E-state index contributed by atoms with van der Waals surface area (Å²) in [6.45, 7) is 1.42. The first-order valence-electron chi connectivity index (χ1n) is 6.83. The molecule has 25 heavy (non-hydrogen) atoms. The van der Waals surface area contributed by atoms with Gasteiger partial charge in [-0.05, 0) is 0 Å². The number of pyridine rings is 2. The van der Waals surface area contributed by atoms with Crippen LogP contribution in [0.4, 0.5) is 0 Å². The average Bonchev–Trinajstić information content (AvgIpc) is 2.60. The summed E-state index contributed by atoms with van der Waals surface area (Å²) in [5.41, 5.74) is 0.539. The fraction of sp³-hybridized carbons (Fsp3) is 0.250. The van der Waals surface area contributed by atoms with E-state index in [2.05, 4.69) is 25.9 Å². The molecule has 2 rings (SSSR count).